The van der Waals surface area contributed by atoms with Crippen LogP contribution in [0.1, 0.15) is 37.6 Å². The van der Waals surface area contributed by atoms with Crippen molar-refractivity contribution in [3.05, 3.63) is 24.0 Å². The molecule has 1 heterocycles. The summed E-state index contributed by atoms with van der Waals surface area (Å²) in [6.07, 6.45) is -2.17. The standard InChI is InChI=1S/C12H17N3O3.C2HF3O2/c1-4-13-11(18)9-5-6-15(14-8-9)12(2,3)7-10(16)17;3-2(4,5)1(6)7/h5-6,8H,4,7H2,1-3H3,(H-,13,16,17,18);(H,6,7). The van der Waals surface area contributed by atoms with Gasteiger partial charge in [0.15, 0.2) is 11.7 Å². The van der Waals surface area contributed by atoms with Crippen molar-refractivity contribution in [3.63, 3.8) is 0 Å². The molecule has 1 rings (SSSR count). The summed E-state index contributed by atoms with van der Waals surface area (Å²) in [7, 11) is 0. The van der Waals surface area contributed by atoms with Crippen LogP contribution < -0.4 is 15.1 Å². The Morgan fingerprint density at radius 1 is 1.32 bits per heavy atom. The summed E-state index contributed by atoms with van der Waals surface area (Å²) in [4.78, 5) is 31.1. The maximum absolute atomic E-state index is 11.5. The van der Waals surface area contributed by atoms with Gasteiger partial charge in [0, 0.05) is 26.5 Å². The van der Waals surface area contributed by atoms with Gasteiger partial charge < -0.3 is 20.3 Å². The van der Waals surface area contributed by atoms with Gasteiger partial charge in [-0.1, -0.05) is 4.68 Å². The number of carbonyl (C=O) groups excluding carboxylic acids is 2. The lowest BCUT2D eigenvalue weighted by Crippen LogP contribution is -2.55. The molecule has 0 aliphatic heterocycles. The van der Waals surface area contributed by atoms with Crippen LogP contribution in [0.5, 0.6) is 0 Å². The van der Waals surface area contributed by atoms with E-state index in [0.29, 0.717) is 12.1 Å². The Bertz CT molecular complexity index is 615. The largest absolute Gasteiger partial charge is 0.542 e. The van der Waals surface area contributed by atoms with Crippen LogP contribution >= 0.6 is 0 Å². The number of halogens is 3. The van der Waals surface area contributed by atoms with Gasteiger partial charge in [-0.05, 0) is 12.0 Å². The molecule has 0 aromatic carbocycles. The number of nitrogens with zero attached hydrogens (tertiary/aromatic N) is 2. The van der Waals surface area contributed by atoms with Crippen LogP contribution in [-0.4, -0.2) is 40.8 Å². The van der Waals surface area contributed by atoms with Gasteiger partial charge in [0.05, 0.1) is 5.56 Å². The topological polar surface area (TPSA) is 123 Å². The number of alkyl halides is 3. The summed E-state index contributed by atoms with van der Waals surface area (Å²) in [5.74, 6) is -4.08. The van der Waals surface area contributed by atoms with E-state index in [2.05, 4.69) is 10.4 Å². The Labute approximate surface area is 141 Å². The Morgan fingerprint density at radius 2 is 1.84 bits per heavy atom. The van der Waals surface area contributed by atoms with E-state index in [1.807, 2.05) is 6.92 Å². The first-order chi connectivity index (χ1) is 11.3. The summed E-state index contributed by atoms with van der Waals surface area (Å²) >= 11 is 0. The smallest absolute Gasteiger partial charge is 0.430 e. The molecule has 25 heavy (non-hydrogen) atoms. The molecule has 0 fully saturated rings. The maximum Gasteiger partial charge on any atom is 0.430 e. The second-order valence-corrected chi connectivity index (χ2v) is 5.39. The minimum Gasteiger partial charge on any atom is -0.542 e. The number of hydrogen-bond donors (Lipinski definition) is 2. The molecular formula is C14H18F3N3O5. The summed E-state index contributed by atoms with van der Waals surface area (Å²) in [6, 6.07) is 1.63. The fourth-order valence-corrected chi connectivity index (χ4v) is 1.56. The normalized spacial score (nSPS) is 11.1. The highest BCUT2D eigenvalue weighted by Crippen LogP contribution is 2.11. The van der Waals surface area contributed by atoms with Gasteiger partial charge >= 0.3 is 12.1 Å². The van der Waals surface area contributed by atoms with Crippen molar-refractivity contribution in [2.45, 2.75) is 38.9 Å². The Hall–Kier alpha value is -2.72. The zero-order valence-electron chi connectivity index (χ0n) is 13.8. The van der Waals surface area contributed by atoms with Gasteiger partial charge in [0.25, 0.3) is 5.91 Å². The van der Waals surface area contributed by atoms with Gasteiger partial charge in [0.1, 0.15) is 18.6 Å². The van der Waals surface area contributed by atoms with Gasteiger partial charge in [0.2, 0.25) is 0 Å². The van der Waals surface area contributed by atoms with Crippen molar-refractivity contribution in [3.8, 4) is 0 Å². The summed E-state index contributed by atoms with van der Waals surface area (Å²) in [6.45, 7) is 5.95. The molecule has 0 aliphatic rings. The van der Waals surface area contributed by atoms with Crippen LogP contribution in [0.3, 0.4) is 0 Å². The molecule has 8 nitrogen and oxygen atoms in total. The summed E-state index contributed by atoms with van der Waals surface area (Å²) in [5, 5.41) is 24.4. The van der Waals surface area contributed by atoms with Crippen LogP contribution in [0, 0.1) is 0 Å². The molecule has 0 atom stereocenters. The van der Waals surface area contributed by atoms with Crippen molar-refractivity contribution in [1.29, 1.82) is 0 Å². The first-order valence-electron chi connectivity index (χ1n) is 6.98. The fourth-order valence-electron chi connectivity index (χ4n) is 1.56. The van der Waals surface area contributed by atoms with Crippen LogP contribution in [0.25, 0.3) is 0 Å². The number of hydrogen-bond acceptors (Lipinski definition) is 5. The zero-order chi connectivity index (χ0) is 19.8. The summed E-state index contributed by atoms with van der Waals surface area (Å²) < 4.78 is 33.1. The Balaban J connectivity index is 0.000000697. The number of carbonyl (C=O) groups is 3. The molecule has 0 aliphatic carbocycles. The fraction of sp³-hybridized carbons (Fsp3) is 0.500. The van der Waals surface area contributed by atoms with Crippen LogP contribution in [0.15, 0.2) is 18.5 Å². The molecule has 0 spiro atoms. The lowest BCUT2D eigenvalue weighted by atomic mass is 10.0. The molecule has 0 saturated carbocycles. The van der Waals surface area contributed by atoms with Crippen LogP contribution in [0.2, 0.25) is 0 Å². The molecule has 1 aromatic rings. The average molecular weight is 365 g/mol. The predicted molar refractivity (Wildman–Crippen MR) is 75.1 cm³/mol. The first-order valence-corrected chi connectivity index (χ1v) is 6.98. The van der Waals surface area contributed by atoms with Crippen molar-refractivity contribution in [2.75, 3.05) is 6.54 Å². The lowest BCUT2D eigenvalue weighted by Gasteiger charge is -2.14. The quantitative estimate of drug-likeness (QED) is 0.686. The Morgan fingerprint density at radius 3 is 2.16 bits per heavy atom. The number of carboxylic acid groups (broad SMARTS) is 2. The molecular weight excluding hydrogens is 347 g/mol. The number of aromatic nitrogens is 2. The van der Waals surface area contributed by atoms with E-state index in [4.69, 9.17) is 15.0 Å². The minimum atomic E-state index is -5.19. The highest BCUT2D eigenvalue weighted by atomic mass is 19.4. The molecule has 1 amide bonds. The highest BCUT2D eigenvalue weighted by molar-refractivity contribution is 5.93. The van der Waals surface area contributed by atoms with E-state index in [1.54, 1.807) is 30.8 Å². The Kier molecular flexibility index (Phi) is 7.97. The molecule has 140 valence electrons. The predicted octanol–water partition coefficient (Wildman–Crippen LogP) is -0.373. The molecule has 1 aromatic heterocycles. The molecule has 0 unspecified atom stereocenters. The maximum atomic E-state index is 11.5. The van der Waals surface area contributed by atoms with E-state index in [1.165, 1.54) is 6.20 Å². The van der Waals surface area contributed by atoms with Gasteiger partial charge in [-0.3, -0.25) is 9.59 Å². The van der Waals surface area contributed by atoms with Crippen molar-refractivity contribution in [2.24, 2.45) is 0 Å². The number of amides is 1. The average Bonchev–Trinajstić information content (AvgIpc) is 2.46. The van der Waals surface area contributed by atoms with Crippen LogP contribution in [-0.2, 0) is 15.1 Å². The van der Waals surface area contributed by atoms with E-state index in [9.17, 15) is 22.8 Å². The number of aliphatic carboxylic acids is 2. The first kappa shape index (κ1) is 22.3. The van der Waals surface area contributed by atoms with Gasteiger partial charge in [-0.25, -0.2) is 0 Å². The zero-order valence-corrected chi connectivity index (χ0v) is 13.8. The molecule has 11 heteroatoms. The monoisotopic (exact) mass is 365 g/mol. The molecule has 0 bridgehead atoms. The van der Waals surface area contributed by atoms with Gasteiger partial charge in [-0.2, -0.15) is 13.2 Å². The lowest BCUT2D eigenvalue weighted by molar-refractivity contribution is -0.808. The van der Waals surface area contributed by atoms with E-state index >= 15 is 0 Å². The second-order valence-electron chi connectivity index (χ2n) is 5.39. The van der Waals surface area contributed by atoms with E-state index < -0.39 is 23.7 Å². The number of nitrogens with one attached hydrogen (secondary N) is 1. The number of rotatable bonds is 5. The van der Waals surface area contributed by atoms with Crippen molar-refractivity contribution < 1.29 is 42.4 Å². The molecule has 0 radical (unpaired) electrons. The highest BCUT2D eigenvalue weighted by Gasteiger charge is 2.33. The van der Waals surface area contributed by atoms with Crippen molar-refractivity contribution in [1.82, 2.24) is 10.4 Å². The SMILES string of the molecule is CCNC(=O)c1cc[n+](C(C)(C)CC(=O)O)nc1.O=C([O-])C(F)(F)F. The van der Waals surface area contributed by atoms with Crippen molar-refractivity contribution >= 4 is 17.8 Å². The summed E-state index contributed by atoms with van der Waals surface area (Å²) in [5.41, 5.74) is -0.176. The molecule has 0 saturated heterocycles. The third-order valence-corrected chi connectivity index (χ3v) is 2.75. The van der Waals surface area contributed by atoms with E-state index in [0.717, 1.165) is 0 Å². The third-order valence-electron chi connectivity index (χ3n) is 2.75. The minimum absolute atomic E-state index is 0.0365. The van der Waals surface area contributed by atoms with Crippen LogP contribution in [0.4, 0.5) is 13.2 Å². The van der Waals surface area contributed by atoms with E-state index in [-0.39, 0.29) is 12.3 Å². The second kappa shape index (κ2) is 8.94. The molecule has 2 N–H and O–H groups in total. The van der Waals surface area contributed by atoms with Gasteiger partial charge in [-0.15, -0.1) is 0 Å². The number of carboxylic acids is 2. The third kappa shape index (κ3) is 8.08.